The van der Waals surface area contributed by atoms with E-state index in [0.29, 0.717) is 6.42 Å². The first-order chi connectivity index (χ1) is 8.58. The van der Waals surface area contributed by atoms with Gasteiger partial charge in [0.25, 0.3) is 0 Å². The van der Waals surface area contributed by atoms with Crippen LogP contribution in [-0.4, -0.2) is 11.9 Å². The van der Waals surface area contributed by atoms with E-state index in [4.69, 9.17) is 16.9 Å². The third kappa shape index (κ3) is 4.01. The summed E-state index contributed by atoms with van der Waals surface area (Å²) in [4.78, 5) is 11.7. The first-order valence-corrected chi connectivity index (χ1v) is 6.05. The Balaban J connectivity index is 2.68. The van der Waals surface area contributed by atoms with Crippen molar-refractivity contribution in [3.8, 4) is 6.07 Å². The Kier molecular flexibility index (Phi) is 5.60. The summed E-state index contributed by atoms with van der Waals surface area (Å²) in [5.74, 6) is -0.824. The fourth-order valence-corrected chi connectivity index (χ4v) is 1.78. The van der Waals surface area contributed by atoms with Crippen LogP contribution in [0.15, 0.2) is 18.2 Å². The predicted molar refractivity (Wildman–Crippen MR) is 67.6 cm³/mol. The zero-order chi connectivity index (χ0) is 13.5. The summed E-state index contributed by atoms with van der Waals surface area (Å²) in [5.41, 5.74) is 0.184. The molecule has 1 atom stereocenters. The van der Waals surface area contributed by atoms with Gasteiger partial charge in [-0.3, -0.25) is 4.79 Å². The van der Waals surface area contributed by atoms with Gasteiger partial charge in [0, 0.05) is 16.6 Å². The zero-order valence-electron chi connectivity index (χ0n) is 10.0. The molecule has 0 saturated carbocycles. The van der Waals surface area contributed by atoms with E-state index in [0.717, 1.165) is 0 Å². The molecule has 1 amide bonds. The molecule has 0 aliphatic carbocycles. The van der Waals surface area contributed by atoms with Crippen molar-refractivity contribution in [1.29, 1.82) is 5.26 Å². The lowest BCUT2D eigenvalue weighted by Crippen LogP contribution is -2.35. The molecule has 0 fully saturated rings. The lowest BCUT2D eigenvalue weighted by atomic mass is 10.1. The highest BCUT2D eigenvalue weighted by molar-refractivity contribution is 6.31. The minimum absolute atomic E-state index is 0.118. The van der Waals surface area contributed by atoms with Crippen molar-refractivity contribution in [1.82, 2.24) is 5.32 Å². The Labute approximate surface area is 111 Å². The van der Waals surface area contributed by atoms with E-state index in [1.165, 1.54) is 12.1 Å². The van der Waals surface area contributed by atoms with Gasteiger partial charge in [-0.15, -0.1) is 0 Å². The molecule has 1 N–H and O–H groups in total. The van der Waals surface area contributed by atoms with E-state index in [2.05, 4.69) is 5.32 Å². The van der Waals surface area contributed by atoms with E-state index in [-0.39, 0.29) is 35.4 Å². The molecule has 1 unspecified atom stereocenters. The van der Waals surface area contributed by atoms with Crippen molar-refractivity contribution in [3.05, 3.63) is 34.6 Å². The van der Waals surface area contributed by atoms with Crippen LogP contribution >= 0.6 is 11.6 Å². The highest BCUT2D eigenvalue weighted by atomic mass is 35.5. The number of carbonyl (C=O) groups is 1. The maximum Gasteiger partial charge on any atom is 0.224 e. The van der Waals surface area contributed by atoms with Crippen molar-refractivity contribution in [2.75, 3.05) is 0 Å². The molecule has 1 rings (SSSR count). The van der Waals surface area contributed by atoms with Crippen LogP contribution in [0.3, 0.4) is 0 Å². The average Bonchev–Trinajstić information content (AvgIpc) is 2.33. The lowest BCUT2D eigenvalue weighted by Gasteiger charge is -2.14. The number of nitrogens with zero attached hydrogens (tertiary/aromatic N) is 1. The molecule has 1 aromatic carbocycles. The van der Waals surface area contributed by atoms with Crippen LogP contribution in [0.1, 0.15) is 25.3 Å². The number of hydrogen-bond donors (Lipinski definition) is 1. The fraction of sp³-hybridized carbons (Fsp3) is 0.385. The minimum atomic E-state index is -0.494. The molecule has 0 spiro atoms. The summed E-state index contributed by atoms with van der Waals surface area (Å²) in [6.45, 7) is 1.87. The summed E-state index contributed by atoms with van der Waals surface area (Å²) in [7, 11) is 0. The number of nitriles is 1. The first kappa shape index (κ1) is 14.5. The van der Waals surface area contributed by atoms with Gasteiger partial charge in [-0.1, -0.05) is 24.6 Å². The Bertz CT molecular complexity index is 450. The zero-order valence-corrected chi connectivity index (χ0v) is 10.8. The topological polar surface area (TPSA) is 52.9 Å². The molecule has 0 radical (unpaired) electrons. The Morgan fingerprint density at radius 3 is 2.89 bits per heavy atom. The number of hydrogen-bond acceptors (Lipinski definition) is 2. The Morgan fingerprint density at radius 2 is 2.33 bits per heavy atom. The number of carbonyl (C=O) groups excluding carboxylic acids is 1. The second kappa shape index (κ2) is 6.97. The van der Waals surface area contributed by atoms with Crippen molar-refractivity contribution in [2.45, 2.75) is 32.2 Å². The molecule has 18 heavy (non-hydrogen) atoms. The van der Waals surface area contributed by atoms with Gasteiger partial charge in [0.05, 0.1) is 18.9 Å². The highest BCUT2D eigenvalue weighted by Crippen LogP contribution is 2.19. The normalized spacial score (nSPS) is 11.7. The molecule has 0 aliphatic heterocycles. The third-order valence-corrected chi connectivity index (χ3v) is 2.95. The maximum absolute atomic E-state index is 13.5. The van der Waals surface area contributed by atoms with Crippen LogP contribution in [0.4, 0.5) is 4.39 Å². The molecule has 1 aromatic rings. The average molecular weight is 269 g/mol. The second-order valence-corrected chi connectivity index (χ2v) is 4.32. The quantitative estimate of drug-likeness (QED) is 0.893. The summed E-state index contributed by atoms with van der Waals surface area (Å²) in [6, 6.07) is 6.09. The van der Waals surface area contributed by atoms with Crippen LogP contribution in [0.5, 0.6) is 0 Å². The molecule has 0 aromatic heterocycles. The SMILES string of the molecule is CCC(CC#N)NC(=O)Cc1c(F)cccc1Cl. The van der Waals surface area contributed by atoms with Crippen molar-refractivity contribution < 1.29 is 9.18 Å². The van der Waals surface area contributed by atoms with Crippen LogP contribution in [-0.2, 0) is 11.2 Å². The summed E-state index contributed by atoms with van der Waals surface area (Å²) in [5, 5.41) is 11.5. The molecular formula is C13H14ClFN2O. The summed E-state index contributed by atoms with van der Waals surface area (Å²) in [6.07, 6.45) is 0.783. The molecule has 3 nitrogen and oxygen atoms in total. The number of amides is 1. The standard InChI is InChI=1S/C13H14ClFN2O/c1-2-9(6-7-16)17-13(18)8-10-11(14)4-3-5-12(10)15/h3-5,9H,2,6,8H2,1H3,(H,17,18). The maximum atomic E-state index is 13.5. The molecule has 0 bridgehead atoms. The smallest absolute Gasteiger partial charge is 0.224 e. The molecule has 0 aliphatic rings. The molecule has 96 valence electrons. The molecule has 0 saturated heterocycles. The monoisotopic (exact) mass is 268 g/mol. The van der Waals surface area contributed by atoms with Gasteiger partial charge < -0.3 is 5.32 Å². The first-order valence-electron chi connectivity index (χ1n) is 5.67. The number of benzene rings is 1. The minimum Gasteiger partial charge on any atom is -0.352 e. The highest BCUT2D eigenvalue weighted by Gasteiger charge is 2.14. The Morgan fingerprint density at radius 1 is 1.61 bits per heavy atom. The number of halogens is 2. The number of nitrogens with one attached hydrogen (secondary N) is 1. The van der Waals surface area contributed by atoms with Crippen molar-refractivity contribution in [3.63, 3.8) is 0 Å². The van der Waals surface area contributed by atoms with Gasteiger partial charge in [-0.25, -0.2) is 4.39 Å². The molecule has 5 heteroatoms. The van der Waals surface area contributed by atoms with Crippen LogP contribution in [0, 0.1) is 17.1 Å². The molecular weight excluding hydrogens is 255 g/mol. The fourth-order valence-electron chi connectivity index (χ4n) is 1.55. The van der Waals surface area contributed by atoms with Gasteiger partial charge in [0.2, 0.25) is 5.91 Å². The van der Waals surface area contributed by atoms with E-state index >= 15 is 0 Å². The third-order valence-electron chi connectivity index (χ3n) is 2.59. The van der Waals surface area contributed by atoms with Gasteiger partial charge in [0.15, 0.2) is 0 Å². The van der Waals surface area contributed by atoms with Crippen molar-refractivity contribution in [2.24, 2.45) is 0 Å². The predicted octanol–water partition coefficient (Wildman–Crippen LogP) is 2.83. The largest absolute Gasteiger partial charge is 0.352 e. The van der Waals surface area contributed by atoms with Crippen LogP contribution < -0.4 is 5.32 Å². The van der Waals surface area contributed by atoms with E-state index in [9.17, 15) is 9.18 Å². The van der Waals surface area contributed by atoms with Gasteiger partial charge in [-0.2, -0.15) is 5.26 Å². The second-order valence-electron chi connectivity index (χ2n) is 3.91. The van der Waals surface area contributed by atoms with Gasteiger partial charge in [-0.05, 0) is 18.6 Å². The van der Waals surface area contributed by atoms with Crippen LogP contribution in [0.2, 0.25) is 5.02 Å². The van der Waals surface area contributed by atoms with E-state index < -0.39 is 5.82 Å². The lowest BCUT2D eigenvalue weighted by molar-refractivity contribution is -0.121. The van der Waals surface area contributed by atoms with Crippen LogP contribution in [0.25, 0.3) is 0 Å². The number of rotatable bonds is 5. The molecule has 0 heterocycles. The van der Waals surface area contributed by atoms with Gasteiger partial charge in [0.1, 0.15) is 5.82 Å². The van der Waals surface area contributed by atoms with E-state index in [1.807, 2.05) is 13.0 Å². The van der Waals surface area contributed by atoms with Crippen molar-refractivity contribution >= 4 is 17.5 Å². The van der Waals surface area contributed by atoms with E-state index in [1.54, 1.807) is 6.07 Å². The Hall–Kier alpha value is -1.60. The van der Waals surface area contributed by atoms with Gasteiger partial charge >= 0.3 is 0 Å². The summed E-state index contributed by atoms with van der Waals surface area (Å²) >= 11 is 5.83. The summed E-state index contributed by atoms with van der Waals surface area (Å²) < 4.78 is 13.5.